The van der Waals surface area contributed by atoms with Gasteiger partial charge in [-0.15, -0.1) is 0 Å². The van der Waals surface area contributed by atoms with Crippen LogP contribution in [-0.2, 0) is 26.0 Å². The van der Waals surface area contributed by atoms with E-state index in [2.05, 4.69) is 16.0 Å². The Hall–Kier alpha value is -3.19. The van der Waals surface area contributed by atoms with E-state index in [9.17, 15) is 23.1 Å². The van der Waals surface area contributed by atoms with Crippen LogP contribution < -0.4 is 25.4 Å². The Morgan fingerprint density at radius 1 is 1.09 bits per heavy atom. The van der Waals surface area contributed by atoms with E-state index in [1.165, 1.54) is 12.1 Å². The zero-order valence-corrected chi connectivity index (χ0v) is 26.9. The highest BCUT2D eigenvalue weighted by atomic mass is 32.2. The molecule has 2 unspecified atom stereocenters. The number of nitrogens with one attached hydrogen (secondary N) is 3. The van der Waals surface area contributed by atoms with Crippen LogP contribution >= 0.6 is 0 Å². The van der Waals surface area contributed by atoms with Crippen molar-refractivity contribution < 1.29 is 32.6 Å². The molecule has 12 heteroatoms. The number of amides is 2. The Bertz CT molecular complexity index is 1390. The average molecular weight is 631 g/mol. The van der Waals surface area contributed by atoms with Gasteiger partial charge in [0.25, 0.3) is 0 Å². The van der Waals surface area contributed by atoms with Gasteiger partial charge in [0.05, 0.1) is 10.9 Å². The van der Waals surface area contributed by atoms with Crippen molar-refractivity contribution >= 4 is 21.8 Å². The van der Waals surface area contributed by atoms with Gasteiger partial charge in [0.1, 0.15) is 5.72 Å². The molecule has 0 aromatic heterocycles. The molecule has 2 aromatic carbocycles. The summed E-state index contributed by atoms with van der Waals surface area (Å²) in [6, 6.07) is 13.4. The first-order valence-corrected chi connectivity index (χ1v) is 16.7. The molecule has 44 heavy (non-hydrogen) atoms. The van der Waals surface area contributed by atoms with E-state index in [4.69, 9.17) is 9.47 Å². The number of hydrogen-bond donors (Lipinski definition) is 4. The fourth-order valence-corrected chi connectivity index (χ4v) is 7.38. The number of benzene rings is 2. The molecule has 0 aliphatic carbocycles. The van der Waals surface area contributed by atoms with E-state index in [1.54, 1.807) is 6.07 Å². The summed E-state index contributed by atoms with van der Waals surface area (Å²) in [5.41, 5.74) is -1.61. The first-order chi connectivity index (χ1) is 20.8. The molecule has 2 aliphatic heterocycles. The highest BCUT2D eigenvalue weighted by molar-refractivity contribution is 7.89. The number of aliphatic hydroxyl groups is 1. The fraction of sp³-hybridized carbons (Fsp3) is 0.562. The molecule has 2 atom stereocenters. The first-order valence-electron chi connectivity index (χ1n) is 15.3. The molecule has 2 amide bonds. The predicted molar refractivity (Wildman–Crippen MR) is 166 cm³/mol. The fourth-order valence-electron chi connectivity index (χ4n) is 5.53. The number of sulfonamides is 1. The molecule has 242 valence electrons. The lowest BCUT2D eigenvalue weighted by Gasteiger charge is -2.40. The Labute approximate surface area is 260 Å². The van der Waals surface area contributed by atoms with Gasteiger partial charge < -0.3 is 30.5 Å². The number of nitrogens with zero attached hydrogens (tertiary/aromatic N) is 1. The van der Waals surface area contributed by atoms with E-state index < -0.39 is 21.2 Å². The minimum Gasteiger partial charge on any atom is -0.454 e. The van der Waals surface area contributed by atoms with Gasteiger partial charge in [-0.1, -0.05) is 58.0 Å². The molecule has 0 spiro atoms. The van der Waals surface area contributed by atoms with Crippen LogP contribution in [0.5, 0.6) is 11.5 Å². The molecule has 4 N–H and O–H groups in total. The van der Waals surface area contributed by atoms with Crippen LogP contribution in [0.1, 0.15) is 58.9 Å². The number of fused-ring (bicyclic) bond motifs is 1. The van der Waals surface area contributed by atoms with Gasteiger partial charge in [0.2, 0.25) is 28.6 Å². The van der Waals surface area contributed by atoms with Crippen molar-refractivity contribution in [1.82, 2.24) is 20.3 Å². The van der Waals surface area contributed by atoms with Crippen LogP contribution in [0.3, 0.4) is 0 Å². The lowest BCUT2D eigenvalue weighted by Crippen LogP contribution is -2.56. The molecule has 0 bridgehead atoms. The third kappa shape index (κ3) is 8.71. The van der Waals surface area contributed by atoms with Crippen molar-refractivity contribution in [2.75, 3.05) is 33.0 Å². The highest BCUT2D eigenvalue weighted by Crippen LogP contribution is 2.37. The summed E-state index contributed by atoms with van der Waals surface area (Å²) >= 11 is 0. The summed E-state index contributed by atoms with van der Waals surface area (Å²) < 4.78 is 40.2. The summed E-state index contributed by atoms with van der Waals surface area (Å²) in [6.07, 6.45) is 1.89. The van der Waals surface area contributed by atoms with E-state index in [0.717, 1.165) is 29.3 Å². The van der Waals surface area contributed by atoms with Crippen LogP contribution in [0.4, 0.5) is 0 Å². The highest BCUT2D eigenvalue weighted by Gasteiger charge is 2.43. The first kappa shape index (κ1) is 33.7. The molecule has 2 heterocycles. The third-order valence-electron chi connectivity index (χ3n) is 7.86. The van der Waals surface area contributed by atoms with Crippen molar-refractivity contribution in [3.8, 4) is 11.5 Å². The maximum Gasteiger partial charge on any atom is 0.245 e. The van der Waals surface area contributed by atoms with Crippen LogP contribution in [0, 0.1) is 11.3 Å². The van der Waals surface area contributed by atoms with Crippen molar-refractivity contribution in [3.63, 3.8) is 0 Å². The molecule has 2 aromatic rings. The Balaban J connectivity index is 1.49. The van der Waals surface area contributed by atoms with Crippen molar-refractivity contribution in [1.29, 1.82) is 0 Å². The van der Waals surface area contributed by atoms with E-state index in [0.29, 0.717) is 18.0 Å². The van der Waals surface area contributed by atoms with Gasteiger partial charge in [-0.05, 0) is 48.4 Å². The van der Waals surface area contributed by atoms with Crippen molar-refractivity contribution in [2.24, 2.45) is 11.3 Å². The Morgan fingerprint density at radius 3 is 2.50 bits per heavy atom. The van der Waals surface area contributed by atoms with E-state index in [-0.39, 0.29) is 67.8 Å². The van der Waals surface area contributed by atoms with Crippen LogP contribution in [-0.4, -0.2) is 74.4 Å². The standard InChI is InChI=1S/C32H46N4O7S/c1-23(2)20-36(44(40,41)25-12-13-27-28(17-25)43-22-42-27)32(39,18-24-9-6-5-7-10-24)14-16-34-29(37)19-31(3,4)21-35-30(38)26-11-8-15-33-26/h5-7,9-10,12-13,17,23,26,33,39H,8,11,14-16,18-22H2,1-4H3,(H,34,37)(H,35,38). The molecule has 2 aliphatic rings. The van der Waals surface area contributed by atoms with Gasteiger partial charge in [-0.25, -0.2) is 8.42 Å². The van der Waals surface area contributed by atoms with Gasteiger partial charge in [-0.2, -0.15) is 4.31 Å². The summed E-state index contributed by atoms with van der Waals surface area (Å²) in [5.74, 6) is 0.369. The third-order valence-corrected chi connectivity index (χ3v) is 9.78. The van der Waals surface area contributed by atoms with Gasteiger partial charge in [0, 0.05) is 45.0 Å². The van der Waals surface area contributed by atoms with E-state index in [1.807, 2.05) is 58.0 Å². The lowest BCUT2D eigenvalue weighted by atomic mass is 9.88. The van der Waals surface area contributed by atoms with Gasteiger partial charge in [-0.3, -0.25) is 9.59 Å². The minimum absolute atomic E-state index is 0.00703. The zero-order valence-electron chi connectivity index (χ0n) is 26.1. The Kier molecular flexibility index (Phi) is 10.9. The summed E-state index contributed by atoms with van der Waals surface area (Å²) in [4.78, 5) is 25.4. The predicted octanol–water partition coefficient (Wildman–Crippen LogP) is 2.78. The quantitative estimate of drug-likeness (QED) is 0.220. The van der Waals surface area contributed by atoms with Gasteiger partial charge >= 0.3 is 0 Å². The second-order valence-corrected chi connectivity index (χ2v) is 14.8. The number of ether oxygens (including phenoxy) is 2. The topological polar surface area (TPSA) is 146 Å². The number of carbonyl (C=O) groups excluding carboxylic acids is 2. The smallest absolute Gasteiger partial charge is 0.245 e. The monoisotopic (exact) mass is 630 g/mol. The number of hydrogen-bond acceptors (Lipinski definition) is 8. The maximum atomic E-state index is 14.2. The van der Waals surface area contributed by atoms with Crippen LogP contribution in [0.25, 0.3) is 0 Å². The van der Waals surface area contributed by atoms with E-state index >= 15 is 0 Å². The zero-order chi connectivity index (χ0) is 32.0. The molecular formula is C32H46N4O7S. The normalized spacial score (nSPS) is 17.9. The largest absolute Gasteiger partial charge is 0.454 e. The summed E-state index contributed by atoms with van der Waals surface area (Å²) in [7, 11) is -4.21. The second-order valence-electron chi connectivity index (χ2n) is 12.9. The molecule has 1 fully saturated rings. The van der Waals surface area contributed by atoms with Gasteiger partial charge in [0.15, 0.2) is 11.5 Å². The number of rotatable bonds is 15. The van der Waals surface area contributed by atoms with Crippen molar-refractivity contribution in [3.05, 3.63) is 54.1 Å². The summed E-state index contributed by atoms with van der Waals surface area (Å²) in [6.45, 7) is 8.85. The van der Waals surface area contributed by atoms with Crippen molar-refractivity contribution in [2.45, 2.75) is 76.5 Å². The summed E-state index contributed by atoms with van der Waals surface area (Å²) in [5, 5.41) is 21.2. The van der Waals surface area contributed by atoms with Crippen LogP contribution in [0.2, 0.25) is 0 Å². The molecule has 0 saturated carbocycles. The van der Waals surface area contributed by atoms with Crippen LogP contribution in [0.15, 0.2) is 53.4 Å². The molecule has 11 nitrogen and oxygen atoms in total. The SMILES string of the molecule is CC(C)CN(C(O)(CCNC(=O)CC(C)(C)CNC(=O)C1CCCN1)Cc1ccccc1)S(=O)(=O)c1ccc2c(c1)OCO2. The minimum atomic E-state index is -4.21. The average Bonchev–Trinajstić information content (AvgIpc) is 3.67. The second kappa shape index (κ2) is 14.3. The molecule has 0 radical (unpaired) electrons. The molecular weight excluding hydrogens is 584 g/mol. The molecule has 4 rings (SSSR count). The molecule has 1 saturated heterocycles. The number of carbonyl (C=O) groups is 2. The lowest BCUT2D eigenvalue weighted by molar-refractivity contribution is -0.126. The maximum absolute atomic E-state index is 14.2. The Morgan fingerprint density at radius 2 is 1.82 bits per heavy atom.